The van der Waals surface area contributed by atoms with Crippen molar-refractivity contribution in [2.75, 3.05) is 6.54 Å². The van der Waals surface area contributed by atoms with Crippen LogP contribution in [0, 0.1) is 0 Å². The summed E-state index contributed by atoms with van der Waals surface area (Å²) < 4.78 is 25.4. The van der Waals surface area contributed by atoms with Gasteiger partial charge in [0.15, 0.2) is 0 Å². The summed E-state index contributed by atoms with van der Waals surface area (Å²) in [5.74, 6) is 0. The molecule has 0 radical (unpaired) electrons. The highest BCUT2D eigenvalue weighted by atomic mass is 35.5. The van der Waals surface area contributed by atoms with Crippen molar-refractivity contribution in [3.63, 3.8) is 0 Å². The Labute approximate surface area is 109 Å². The summed E-state index contributed by atoms with van der Waals surface area (Å²) in [4.78, 5) is 10.7. The van der Waals surface area contributed by atoms with Gasteiger partial charge >= 0.3 is 0 Å². The molecule has 1 saturated heterocycles. The van der Waals surface area contributed by atoms with Gasteiger partial charge in [0.25, 0.3) is 0 Å². The quantitative estimate of drug-likeness (QED) is 0.801. The third-order valence-electron chi connectivity index (χ3n) is 2.61. The molecular formula is C10H9Cl2NO3S. The summed E-state index contributed by atoms with van der Waals surface area (Å²) in [7, 11) is -3.68. The van der Waals surface area contributed by atoms with Crippen LogP contribution in [0.25, 0.3) is 0 Å². The fourth-order valence-corrected chi connectivity index (χ4v) is 3.97. The molecule has 4 nitrogen and oxygen atoms in total. The van der Waals surface area contributed by atoms with Crippen LogP contribution in [0.15, 0.2) is 23.1 Å². The number of halogens is 2. The Balaban J connectivity index is 2.41. The van der Waals surface area contributed by atoms with Crippen molar-refractivity contribution in [3.8, 4) is 0 Å². The van der Waals surface area contributed by atoms with Gasteiger partial charge < -0.3 is 4.79 Å². The maximum Gasteiger partial charge on any atom is 0.243 e. The summed E-state index contributed by atoms with van der Waals surface area (Å²) in [6, 6.07) is 3.53. The van der Waals surface area contributed by atoms with Crippen LogP contribution in [-0.2, 0) is 14.8 Å². The second-order valence-corrected chi connectivity index (χ2v) is 6.48. The molecule has 0 unspecified atom stereocenters. The van der Waals surface area contributed by atoms with Crippen LogP contribution in [0.4, 0.5) is 0 Å². The van der Waals surface area contributed by atoms with Crippen molar-refractivity contribution in [2.24, 2.45) is 0 Å². The predicted octanol–water partition coefficient (Wildman–Crippen LogP) is 1.96. The van der Waals surface area contributed by atoms with Gasteiger partial charge in [-0.25, -0.2) is 8.42 Å². The van der Waals surface area contributed by atoms with Crippen molar-refractivity contribution in [1.29, 1.82) is 0 Å². The van der Waals surface area contributed by atoms with Gasteiger partial charge in [-0.15, -0.1) is 0 Å². The van der Waals surface area contributed by atoms with Crippen LogP contribution in [0.5, 0.6) is 0 Å². The smallest absolute Gasteiger partial charge is 0.243 e. The lowest BCUT2D eigenvalue weighted by Gasteiger charge is -2.35. The number of carbonyl (C=O) groups is 1. The molecule has 0 aromatic heterocycles. The number of sulfonamides is 1. The fraction of sp³-hybridized carbons (Fsp3) is 0.300. The van der Waals surface area contributed by atoms with E-state index in [2.05, 4.69) is 0 Å². The van der Waals surface area contributed by atoms with Crippen LogP contribution in [0.2, 0.25) is 10.0 Å². The second-order valence-electron chi connectivity index (χ2n) is 3.71. The first kappa shape index (κ1) is 12.8. The fourth-order valence-electron chi connectivity index (χ4n) is 1.63. The van der Waals surface area contributed by atoms with Gasteiger partial charge in [0.05, 0.1) is 10.9 Å². The van der Waals surface area contributed by atoms with E-state index >= 15 is 0 Å². The molecule has 1 atom stereocenters. The molecule has 0 spiro atoms. The van der Waals surface area contributed by atoms with Gasteiger partial charge in [0.2, 0.25) is 10.0 Å². The molecule has 1 aromatic rings. The molecule has 2 rings (SSSR count). The van der Waals surface area contributed by atoms with E-state index < -0.39 is 16.1 Å². The van der Waals surface area contributed by atoms with Gasteiger partial charge in [-0.05, 0) is 24.6 Å². The summed E-state index contributed by atoms with van der Waals surface area (Å²) in [5.41, 5.74) is 0. The zero-order valence-corrected chi connectivity index (χ0v) is 11.0. The van der Waals surface area contributed by atoms with Gasteiger partial charge in [-0.2, -0.15) is 4.31 Å². The van der Waals surface area contributed by atoms with Crippen molar-refractivity contribution >= 4 is 39.5 Å². The first-order valence-corrected chi connectivity index (χ1v) is 7.08. The van der Waals surface area contributed by atoms with E-state index in [1.165, 1.54) is 18.2 Å². The first-order valence-electron chi connectivity index (χ1n) is 4.88. The number of hydrogen-bond acceptors (Lipinski definition) is 3. The van der Waals surface area contributed by atoms with E-state index in [-0.39, 0.29) is 14.9 Å². The second kappa shape index (κ2) is 4.57. The Morgan fingerprint density at radius 2 is 1.82 bits per heavy atom. The highest BCUT2D eigenvalue weighted by Gasteiger charge is 2.38. The normalized spacial score (nSPS) is 20.9. The summed E-state index contributed by atoms with van der Waals surface area (Å²) in [6.07, 6.45) is 1.18. The molecule has 92 valence electrons. The molecular weight excluding hydrogens is 285 g/mol. The third kappa shape index (κ3) is 2.33. The average Bonchev–Trinajstić information content (AvgIpc) is 2.14. The SMILES string of the molecule is O=C[C@@H]1CCN1S(=O)(=O)c1cc(Cl)cc(Cl)c1. The lowest BCUT2D eigenvalue weighted by Crippen LogP contribution is -2.51. The Morgan fingerprint density at radius 1 is 1.24 bits per heavy atom. The highest BCUT2D eigenvalue weighted by molar-refractivity contribution is 7.89. The van der Waals surface area contributed by atoms with E-state index in [0.29, 0.717) is 19.3 Å². The molecule has 0 saturated carbocycles. The van der Waals surface area contributed by atoms with Crippen molar-refractivity contribution in [2.45, 2.75) is 17.4 Å². The summed E-state index contributed by atoms with van der Waals surface area (Å²) >= 11 is 11.5. The Kier molecular flexibility index (Phi) is 3.45. The van der Waals surface area contributed by atoms with Crippen molar-refractivity contribution < 1.29 is 13.2 Å². The molecule has 1 aliphatic heterocycles. The number of nitrogens with zero attached hydrogens (tertiary/aromatic N) is 1. The molecule has 1 aliphatic rings. The van der Waals surface area contributed by atoms with E-state index in [4.69, 9.17) is 23.2 Å². The maximum absolute atomic E-state index is 12.1. The minimum Gasteiger partial charge on any atom is -0.302 e. The third-order valence-corrected chi connectivity index (χ3v) is 4.95. The monoisotopic (exact) mass is 293 g/mol. The zero-order chi connectivity index (χ0) is 12.6. The number of aldehydes is 1. The molecule has 0 bridgehead atoms. The molecule has 0 N–H and O–H groups in total. The highest BCUT2D eigenvalue weighted by Crippen LogP contribution is 2.29. The minimum atomic E-state index is -3.68. The van der Waals surface area contributed by atoms with Crippen molar-refractivity contribution in [3.05, 3.63) is 28.2 Å². The van der Waals surface area contributed by atoms with Crippen LogP contribution in [0.1, 0.15) is 6.42 Å². The molecule has 0 aliphatic carbocycles. The number of carbonyl (C=O) groups excluding carboxylic acids is 1. The van der Waals surface area contributed by atoms with Gasteiger partial charge in [0, 0.05) is 16.6 Å². The Morgan fingerprint density at radius 3 is 2.24 bits per heavy atom. The molecule has 1 heterocycles. The van der Waals surface area contributed by atoms with E-state index in [0.717, 1.165) is 4.31 Å². The minimum absolute atomic E-state index is 0.0153. The molecule has 1 fully saturated rings. The predicted molar refractivity (Wildman–Crippen MR) is 64.8 cm³/mol. The zero-order valence-electron chi connectivity index (χ0n) is 8.64. The number of hydrogen-bond donors (Lipinski definition) is 0. The van der Waals surface area contributed by atoms with Crippen LogP contribution in [-0.4, -0.2) is 31.6 Å². The lowest BCUT2D eigenvalue weighted by atomic mass is 10.1. The van der Waals surface area contributed by atoms with E-state index in [1.54, 1.807) is 0 Å². The van der Waals surface area contributed by atoms with Crippen LogP contribution >= 0.6 is 23.2 Å². The van der Waals surface area contributed by atoms with Crippen molar-refractivity contribution in [1.82, 2.24) is 4.31 Å². The molecule has 17 heavy (non-hydrogen) atoms. The number of rotatable bonds is 3. The summed E-state index contributed by atoms with van der Waals surface area (Å²) in [6.45, 7) is 0.343. The van der Waals surface area contributed by atoms with Gasteiger partial charge in [-0.3, -0.25) is 0 Å². The van der Waals surface area contributed by atoms with Crippen LogP contribution in [0.3, 0.4) is 0 Å². The standard InChI is InChI=1S/C10H9Cl2NO3S/c11-7-3-8(12)5-10(4-7)17(15,16)13-2-1-9(13)6-14/h3-6,9H,1-2H2/t9-/m0/s1. The first-order chi connectivity index (χ1) is 7.95. The van der Waals surface area contributed by atoms with E-state index in [9.17, 15) is 13.2 Å². The summed E-state index contributed by atoms with van der Waals surface area (Å²) in [5, 5.41) is 0.499. The molecule has 0 amide bonds. The molecule has 1 aromatic carbocycles. The molecule has 7 heteroatoms. The van der Waals surface area contributed by atoms with Gasteiger partial charge in [0.1, 0.15) is 6.29 Å². The Bertz CT molecular complexity index is 538. The topological polar surface area (TPSA) is 54.5 Å². The van der Waals surface area contributed by atoms with Gasteiger partial charge in [-0.1, -0.05) is 23.2 Å². The lowest BCUT2D eigenvalue weighted by molar-refractivity contribution is -0.113. The average molecular weight is 294 g/mol. The Hall–Kier alpha value is -0.620. The van der Waals surface area contributed by atoms with Crippen LogP contribution < -0.4 is 0 Å². The largest absolute Gasteiger partial charge is 0.302 e. The number of benzene rings is 1. The van der Waals surface area contributed by atoms with E-state index in [1.807, 2.05) is 0 Å². The maximum atomic E-state index is 12.1.